The topological polar surface area (TPSA) is 70.2 Å². The zero-order valence-corrected chi connectivity index (χ0v) is 17.1. The first-order valence-electron chi connectivity index (χ1n) is 8.89. The Labute approximate surface area is 170 Å². The van der Waals surface area contributed by atoms with Crippen LogP contribution in [0.3, 0.4) is 0 Å². The quantitative estimate of drug-likeness (QED) is 0.605. The molecule has 0 unspecified atom stereocenters. The molecule has 0 heterocycles. The standard InChI is InChI=1S/C19H22ClN3O2S2/c20-17-11-4-5-12-18(17)23-27(24,25)16-10-6-9-15(13-16)22-19(26)21-14-7-2-1-3-8-14/h4-6,9-14,23H,1-3,7-8H2,(H2,21,22,26). The SMILES string of the molecule is O=S(=O)(Nc1ccccc1Cl)c1cccc(NC(=S)NC2CCCCC2)c1. The molecule has 1 aliphatic carbocycles. The van der Waals surface area contributed by atoms with E-state index in [1.807, 2.05) is 0 Å². The first-order valence-corrected chi connectivity index (χ1v) is 11.2. The predicted octanol–water partition coefficient (Wildman–Crippen LogP) is 4.76. The van der Waals surface area contributed by atoms with Crippen LogP contribution in [0.2, 0.25) is 5.02 Å². The van der Waals surface area contributed by atoms with E-state index < -0.39 is 10.0 Å². The lowest BCUT2D eigenvalue weighted by atomic mass is 9.96. The monoisotopic (exact) mass is 423 g/mol. The Balaban J connectivity index is 1.69. The van der Waals surface area contributed by atoms with E-state index in [1.54, 1.807) is 42.5 Å². The summed E-state index contributed by atoms with van der Waals surface area (Å²) in [4.78, 5) is 0.132. The van der Waals surface area contributed by atoms with E-state index in [1.165, 1.54) is 25.3 Å². The third-order valence-electron chi connectivity index (χ3n) is 4.46. The molecule has 8 heteroatoms. The molecule has 27 heavy (non-hydrogen) atoms. The van der Waals surface area contributed by atoms with Gasteiger partial charge in [-0.1, -0.05) is 49.1 Å². The number of benzene rings is 2. The minimum absolute atomic E-state index is 0.132. The molecule has 1 fully saturated rings. The second-order valence-electron chi connectivity index (χ2n) is 6.55. The van der Waals surface area contributed by atoms with E-state index in [-0.39, 0.29) is 4.90 Å². The first-order chi connectivity index (χ1) is 12.9. The number of thiocarbonyl (C=S) groups is 1. The van der Waals surface area contributed by atoms with Gasteiger partial charge in [0.2, 0.25) is 0 Å². The fourth-order valence-electron chi connectivity index (χ4n) is 3.09. The van der Waals surface area contributed by atoms with E-state index in [9.17, 15) is 8.42 Å². The molecule has 0 aromatic heterocycles. The van der Waals surface area contributed by atoms with Crippen LogP contribution in [0.1, 0.15) is 32.1 Å². The first kappa shape index (κ1) is 19.9. The minimum Gasteiger partial charge on any atom is -0.360 e. The molecule has 0 bridgehead atoms. The van der Waals surface area contributed by atoms with Gasteiger partial charge >= 0.3 is 0 Å². The average Bonchev–Trinajstić information content (AvgIpc) is 2.64. The second kappa shape index (κ2) is 8.91. The third-order valence-corrected chi connectivity index (χ3v) is 6.37. The molecule has 1 aliphatic rings. The van der Waals surface area contributed by atoms with Crippen molar-refractivity contribution in [3.05, 3.63) is 53.6 Å². The van der Waals surface area contributed by atoms with Crippen molar-refractivity contribution in [2.24, 2.45) is 0 Å². The zero-order chi connectivity index (χ0) is 19.3. The van der Waals surface area contributed by atoms with E-state index in [2.05, 4.69) is 15.4 Å². The van der Waals surface area contributed by atoms with Gasteiger partial charge in [0.25, 0.3) is 10.0 Å². The lowest BCUT2D eigenvalue weighted by molar-refractivity contribution is 0.415. The molecule has 3 N–H and O–H groups in total. The maximum atomic E-state index is 12.7. The normalized spacial score (nSPS) is 15.1. The lowest BCUT2D eigenvalue weighted by Crippen LogP contribution is -2.38. The Bertz CT molecular complexity index is 913. The number of halogens is 1. The molecule has 0 aliphatic heterocycles. The maximum Gasteiger partial charge on any atom is 0.262 e. The highest BCUT2D eigenvalue weighted by Crippen LogP contribution is 2.25. The summed E-state index contributed by atoms with van der Waals surface area (Å²) >= 11 is 11.4. The predicted molar refractivity (Wildman–Crippen MR) is 115 cm³/mol. The van der Waals surface area contributed by atoms with Crippen LogP contribution in [0, 0.1) is 0 Å². The largest absolute Gasteiger partial charge is 0.360 e. The molecule has 2 aromatic rings. The number of sulfonamides is 1. The van der Waals surface area contributed by atoms with Crippen molar-refractivity contribution in [1.29, 1.82) is 0 Å². The molecular formula is C19H22ClN3O2S2. The van der Waals surface area contributed by atoms with E-state index in [4.69, 9.17) is 23.8 Å². The van der Waals surface area contributed by atoms with Crippen molar-refractivity contribution < 1.29 is 8.42 Å². The molecule has 0 amide bonds. The second-order valence-corrected chi connectivity index (χ2v) is 9.04. The van der Waals surface area contributed by atoms with Crippen molar-refractivity contribution >= 4 is 50.3 Å². The van der Waals surface area contributed by atoms with Crippen LogP contribution in [0.25, 0.3) is 0 Å². The molecule has 0 spiro atoms. The van der Waals surface area contributed by atoms with Crippen LogP contribution < -0.4 is 15.4 Å². The van der Waals surface area contributed by atoms with Crippen LogP contribution in [0.5, 0.6) is 0 Å². The van der Waals surface area contributed by atoms with Crippen molar-refractivity contribution in [3.63, 3.8) is 0 Å². The van der Waals surface area contributed by atoms with Gasteiger partial charge in [0, 0.05) is 11.7 Å². The summed E-state index contributed by atoms with van der Waals surface area (Å²) in [5.74, 6) is 0. The lowest BCUT2D eigenvalue weighted by Gasteiger charge is -2.24. The highest BCUT2D eigenvalue weighted by molar-refractivity contribution is 7.92. The molecule has 0 saturated heterocycles. The molecular weight excluding hydrogens is 402 g/mol. The van der Waals surface area contributed by atoms with Crippen LogP contribution in [0.15, 0.2) is 53.4 Å². The van der Waals surface area contributed by atoms with E-state index >= 15 is 0 Å². The molecule has 3 rings (SSSR count). The van der Waals surface area contributed by atoms with Gasteiger partial charge in [-0.15, -0.1) is 0 Å². The van der Waals surface area contributed by atoms with Crippen LogP contribution in [-0.4, -0.2) is 19.6 Å². The minimum atomic E-state index is -3.76. The Morgan fingerprint density at radius 3 is 2.52 bits per heavy atom. The van der Waals surface area contributed by atoms with Gasteiger partial charge in [-0.25, -0.2) is 8.42 Å². The number of para-hydroxylation sites is 1. The van der Waals surface area contributed by atoms with E-state index in [0.29, 0.717) is 27.6 Å². The zero-order valence-electron chi connectivity index (χ0n) is 14.7. The third kappa shape index (κ3) is 5.57. The number of rotatable bonds is 5. The summed E-state index contributed by atoms with van der Waals surface area (Å²) in [5, 5.41) is 7.24. The summed E-state index contributed by atoms with van der Waals surface area (Å²) in [6.07, 6.45) is 5.91. The summed E-state index contributed by atoms with van der Waals surface area (Å²) in [6.45, 7) is 0. The van der Waals surface area contributed by atoms with Crippen molar-refractivity contribution in [3.8, 4) is 0 Å². The van der Waals surface area contributed by atoms with Crippen LogP contribution in [-0.2, 0) is 10.0 Å². The number of hydrogen-bond acceptors (Lipinski definition) is 3. The molecule has 0 atom stereocenters. The highest BCUT2D eigenvalue weighted by atomic mass is 35.5. The van der Waals surface area contributed by atoms with Crippen molar-refractivity contribution in [1.82, 2.24) is 5.32 Å². The van der Waals surface area contributed by atoms with Gasteiger partial charge in [-0.3, -0.25) is 4.72 Å². The molecule has 1 saturated carbocycles. The number of hydrogen-bond donors (Lipinski definition) is 3. The van der Waals surface area contributed by atoms with Gasteiger partial charge in [-0.2, -0.15) is 0 Å². The molecule has 0 radical (unpaired) electrons. The Morgan fingerprint density at radius 1 is 1.04 bits per heavy atom. The number of anilines is 2. The smallest absolute Gasteiger partial charge is 0.262 e. The summed E-state index contributed by atoms with van der Waals surface area (Å²) in [7, 11) is -3.76. The van der Waals surface area contributed by atoms with E-state index in [0.717, 1.165) is 12.8 Å². The molecule has 144 valence electrons. The summed E-state index contributed by atoms with van der Waals surface area (Å²) in [5.41, 5.74) is 0.956. The Morgan fingerprint density at radius 2 is 1.78 bits per heavy atom. The van der Waals surface area contributed by atoms with Crippen molar-refractivity contribution in [2.75, 3.05) is 10.0 Å². The van der Waals surface area contributed by atoms with Crippen LogP contribution in [0.4, 0.5) is 11.4 Å². The fourth-order valence-corrected chi connectivity index (χ4v) is 4.74. The Hall–Kier alpha value is -1.83. The summed E-state index contributed by atoms with van der Waals surface area (Å²) in [6, 6.07) is 13.6. The average molecular weight is 424 g/mol. The van der Waals surface area contributed by atoms with Gasteiger partial charge in [0.1, 0.15) is 0 Å². The van der Waals surface area contributed by atoms with Crippen LogP contribution >= 0.6 is 23.8 Å². The molecule has 2 aromatic carbocycles. The van der Waals surface area contributed by atoms with Gasteiger partial charge < -0.3 is 10.6 Å². The van der Waals surface area contributed by atoms with Gasteiger partial charge in [-0.05, 0) is 55.4 Å². The highest BCUT2D eigenvalue weighted by Gasteiger charge is 2.17. The summed E-state index contributed by atoms with van der Waals surface area (Å²) < 4.78 is 27.8. The van der Waals surface area contributed by atoms with Gasteiger partial charge in [0.15, 0.2) is 5.11 Å². The molecule has 5 nitrogen and oxygen atoms in total. The fraction of sp³-hybridized carbons (Fsp3) is 0.316. The van der Waals surface area contributed by atoms with Gasteiger partial charge in [0.05, 0.1) is 15.6 Å². The number of nitrogens with one attached hydrogen (secondary N) is 3. The Kier molecular flexibility index (Phi) is 6.57. The van der Waals surface area contributed by atoms with Crippen molar-refractivity contribution in [2.45, 2.75) is 43.0 Å². The maximum absolute atomic E-state index is 12.7.